The molecule has 3 aromatic heterocycles. The number of aromatic nitrogens is 6. The fraction of sp³-hybridized carbons (Fsp3) is 0.500. The first-order chi connectivity index (χ1) is 13.0. The van der Waals surface area contributed by atoms with Crippen LogP contribution in [0.2, 0.25) is 5.02 Å². The highest BCUT2D eigenvalue weighted by Crippen LogP contribution is 2.29. The number of hydrogen-bond acceptors (Lipinski definition) is 5. The number of hydrogen-bond donors (Lipinski definition) is 2. The van der Waals surface area contributed by atoms with E-state index in [9.17, 15) is 5.11 Å². The molecule has 0 radical (unpaired) electrons. The first-order valence-corrected chi connectivity index (χ1v) is 9.47. The Bertz CT molecular complexity index is 915. The number of aliphatic hydroxyl groups is 1. The zero-order valence-electron chi connectivity index (χ0n) is 15.5. The maximum Gasteiger partial charge on any atom is 0.115 e. The number of halogens is 1. The van der Waals surface area contributed by atoms with Crippen LogP contribution in [-0.4, -0.2) is 46.6 Å². The molecule has 1 unspecified atom stereocenters. The summed E-state index contributed by atoms with van der Waals surface area (Å²) in [6.45, 7) is 1.42. The van der Waals surface area contributed by atoms with E-state index in [1.807, 2.05) is 46.6 Å². The van der Waals surface area contributed by atoms with Crippen LogP contribution in [0.25, 0.3) is 11.4 Å². The quantitative estimate of drug-likeness (QED) is 0.668. The molecule has 0 bridgehead atoms. The van der Waals surface area contributed by atoms with Gasteiger partial charge in [-0.3, -0.25) is 14.0 Å². The van der Waals surface area contributed by atoms with Crippen molar-refractivity contribution in [1.29, 1.82) is 0 Å². The van der Waals surface area contributed by atoms with E-state index in [0.717, 1.165) is 36.3 Å². The van der Waals surface area contributed by atoms with E-state index >= 15 is 0 Å². The van der Waals surface area contributed by atoms with Crippen molar-refractivity contribution in [3.05, 3.63) is 41.4 Å². The fourth-order valence-corrected chi connectivity index (χ4v) is 4.08. The maximum absolute atomic E-state index is 10.5. The molecule has 2 N–H and O–H groups in total. The molecule has 1 fully saturated rings. The smallest absolute Gasteiger partial charge is 0.115 e. The van der Waals surface area contributed by atoms with E-state index in [4.69, 9.17) is 11.6 Å². The second-order valence-corrected chi connectivity index (χ2v) is 7.73. The van der Waals surface area contributed by atoms with Crippen LogP contribution in [0.15, 0.2) is 30.9 Å². The highest BCUT2D eigenvalue weighted by atomic mass is 35.5. The van der Waals surface area contributed by atoms with Gasteiger partial charge in [-0.15, -0.1) is 0 Å². The van der Waals surface area contributed by atoms with E-state index in [2.05, 4.69) is 20.6 Å². The second kappa shape index (κ2) is 7.46. The Morgan fingerprint density at radius 2 is 2.11 bits per heavy atom. The van der Waals surface area contributed by atoms with E-state index in [1.54, 1.807) is 12.4 Å². The van der Waals surface area contributed by atoms with Crippen molar-refractivity contribution < 1.29 is 5.11 Å². The van der Waals surface area contributed by atoms with Crippen LogP contribution in [0.3, 0.4) is 0 Å². The van der Waals surface area contributed by atoms with Crippen molar-refractivity contribution in [2.45, 2.75) is 38.1 Å². The van der Waals surface area contributed by atoms with Crippen molar-refractivity contribution in [3.8, 4) is 11.4 Å². The molecule has 0 amide bonds. The average molecular weight is 390 g/mol. The number of aliphatic hydroxyl groups excluding tert-OH is 1. The Labute approximate surface area is 162 Å². The SMILES string of the molecule is Cn1cc(CN[C@@H]2CC(Cn3cc(Cl)cn3)C[C@H]2O)c(-c2ccnn2C)n1. The van der Waals surface area contributed by atoms with Crippen molar-refractivity contribution in [3.63, 3.8) is 0 Å². The normalized spacial score (nSPS) is 22.6. The van der Waals surface area contributed by atoms with Gasteiger partial charge in [0.25, 0.3) is 0 Å². The summed E-state index contributed by atoms with van der Waals surface area (Å²) in [5, 5.41) is 27.7. The third-order valence-electron chi connectivity index (χ3n) is 5.20. The maximum atomic E-state index is 10.5. The highest BCUT2D eigenvalue weighted by Gasteiger charge is 2.33. The minimum atomic E-state index is -0.363. The first kappa shape index (κ1) is 18.2. The predicted octanol–water partition coefficient (Wildman–Crippen LogP) is 1.60. The monoisotopic (exact) mass is 389 g/mol. The minimum Gasteiger partial charge on any atom is -0.391 e. The van der Waals surface area contributed by atoms with Gasteiger partial charge in [-0.25, -0.2) is 0 Å². The molecule has 3 atom stereocenters. The number of nitrogens with zero attached hydrogens (tertiary/aromatic N) is 6. The highest BCUT2D eigenvalue weighted by molar-refractivity contribution is 6.30. The summed E-state index contributed by atoms with van der Waals surface area (Å²) in [7, 11) is 3.83. The molecule has 0 aromatic carbocycles. The van der Waals surface area contributed by atoms with Crippen LogP contribution in [-0.2, 0) is 27.2 Å². The fourth-order valence-electron chi connectivity index (χ4n) is 3.92. The van der Waals surface area contributed by atoms with Crippen molar-refractivity contribution >= 4 is 11.6 Å². The molecule has 1 aliphatic rings. The Morgan fingerprint density at radius 3 is 2.81 bits per heavy atom. The lowest BCUT2D eigenvalue weighted by Gasteiger charge is -2.16. The van der Waals surface area contributed by atoms with Crippen LogP contribution in [0.4, 0.5) is 0 Å². The lowest BCUT2D eigenvalue weighted by Crippen LogP contribution is -2.35. The topological polar surface area (TPSA) is 85.7 Å². The summed E-state index contributed by atoms with van der Waals surface area (Å²) in [6, 6.07) is 2.02. The van der Waals surface area contributed by atoms with Crippen LogP contribution in [0, 0.1) is 5.92 Å². The van der Waals surface area contributed by atoms with E-state index in [1.165, 1.54) is 0 Å². The number of nitrogens with one attached hydrogen (secondary N) is 1. The average Bonchev–Trinajstić information content (AvgIpc) is 3.36. The molecule has 1 aliphatic carbocycles. The number of rotatable bonds is 6. The zero-order chi connectivity index (χ0) is 19.0. The number of aryl methyl sites for hydroxylation is 2. The zero-order valence-corrected chi connectivity index (χ0v) is 16.2. The molecular weight excluding hydrogens is 366 g/mol. The molecule has 27 heavy (non-hydrogen) atoms. The van der Waals surface area contributed by atoms with E-state index < -0.39 is 0 Å². The van der Waals surface area contributed by atoms with Gasteiger partial charge in [0.05, 0.1) is 23.0 Å². The van der Waals surface area contributed by atoms with Gasteiger partial charge in [-0.2, -0.15) is 15.3 Å². The van der Waals surface area contributed by atoms with Gasteiger partial charge in [-0.05, 0) is 24.8 Å². The summed E-state index contributed by atoms with van der Waals surface area (Å²) in [6.07, 6.45) is 8.55. The molecule has 0 spiro atoms. The summed E-state index contributed by atoms with van der Waals surface area (Å²) in [5.74, 6) is 0.374. The van der Waals surface area contributed by atoms with Crippen molar-refractivity contribution in [2.75, 3.05) is 0 Å². The Kier molecular flexibility index (Phi) is 5.03. The molecule has 144 valence electrons. The van der Waals surface area contributed by atoms with Gasteiger partial charge in [0.15, 0.2) is 0 Å². The third-order valence-corrected chi connectivity index (χ3v) is 5.39. The summed E-state index contributed by atoms with van der Waals surface area (Å²) in [5.41, 5.74) is 2.99. The minimum absolute atomic E-state index is 0.0561. The Morgan fingerprint density at radius 1 is 1.26 bits per heavy atom. The molecule has 1 saturated carbocycles. The van der Waals surface area contributed by atoms with E-state index in [0.29, 0.717) is 17.5 Å². The first-order valence-electron chi connectivity index (χ1n) is 9.10. The molecule has 0 saturated heterocycles. The van der Waals surface area contributed by atoms with Gasteiger partial charge in [-0.1, -0.05) is 11.6 Å². The predicted molar refractivity (Wildman–Crippen MR) is 102 cm³/mol. The standard InChI is InChI=1S/C18H24ClN7O/c1-24-10-13(18(23-24)16-3-4-21-25(16)2)7-20-15-5-12(6-17(15)27)9-26-11-14(19)8-22-26/h3-4,8,10-12,15,17,20,27H,5-7,9H2,1-2H3/t12?,15-,17-/m1/s1. The molecule has 0 aliphatic heterocycles. The summed E-state index contributed by atoms with van der Waals surface area (Å²) < 4.78 is 5.49. The van der Waals surface area contributed by atoms with Crippen LogP contribution in [0.1, 0.15) is 18.4 Å². The molecular formula is C18H24ClN7O. The van der Waals surface area contributed by atoms with Gasteiger partial charge < -0.3 is 10.4 Å². The summed E-state index contributed by atoms with van der Waals surface area (Å²) in [4.78, 5) is 0. The van der Waals surface area contributed by atoms with Crippen LogP contribution in [0.5, 0.6) is 0 Å². The van der Waals surface area contributed by atoms with Gasteiger partial charge >= 0.3 is 0 Å². The van der Waals surface area contributed by atoms with Gasteiger partial charge in [0.2, 0.25) is 0 Å². The molecule has 9 heteroatoms. The second-order valence-electron chi connectivity index (χ2n) is 7.29. The third kappa shape index (κ3) is 3.92. The van der Waals surface area contributed by atoms with Crippen LogP contribution >= 0.6 is 11.6 Å². The van der Waals surface area contributed by atoms with Crippen LogP contribution < -0.4 is 5.32 Å². The lowest BCUT2D eigenvalue weighted by atomic mass is 10.1. The molecule has 4 rings (SSSR count). The summed E-state index contributed by atoms with van der Waals surface area (Å²) >= 11 is 5.93. The lowest BCUT2D eigenvalue weighted by molar-refractivity contribution is 0.145. The van der Waals surface area contributed by atoms with Gasteiger partial charge in [0.1, 0.15) is 5.69 Å². The van der Waals surface area contributed by atoms with Gasteiger partial charge in [0, 0.05) is 57.4 Å². The molecule has 8 nitrogen and oxygen atoms in total. The van der Waals surface area contributed by atoms with E-state index in [-0.39, 0.29) is 12.1 Å². The van der Waals surface area contributed by atoms with Crippen molar-refractivity contribution in [2.24, 2.45) is 20.0 Å². The largest absolute Gasteiger partial charge is 0.391 e. The molecule has 3 aromatic rings. The molecule has 3 heterocycles. The van der Waals surface area contributed by atoms with Crippen molar-refractivity contribution in [1.82, 2.24) is 34.7 Å². The Balaban J connectivity index is 1.40. The Hall–Kier alpha value is -2.16.